The zero-order chi connectivity index (χ0) is 15.0. The second-order valence-corrected chi connectivity index (χ2v) is 6.87. The van der Waals surface area contributed by atoms with Crippen LogP contribution in [0.1, 0.15) is 47.1 Å². The molecule has 1 aliphatic heterocycles. The van der Waals surface area contributed by atoms with Gasteiger partial charge in [0.25, 0.3) is 0 Å². The van der Waals surface area contributed by atoms with Crippen LogP contribution in [0.5, 0.6) is 0 Å². The summed E-state index contributed by atoms with van der Waals surface area (Å²) in [4.78, 5) is 0. The minimum absolute atomic E-state index is 0.279. The summed E-state index contributed by atoms with van der Waals surface area (Å²) in [5.74, 6) is 0. The van der Waals surface area contributed by atoms with E-state index in [1.54, 1.807) is 0 Å². The molecule has 0 radical (unpaired) electrons. The van der Waals surface area contributed by atoms with Crippen LogP contribution in [-0.4, -0.2) is 24.4 Å². The lowest BCUT2D eigenvalue weighted by molar-refractivity contribution is 0.00578. The molecule has 3 nitrogen and oxygen atoms in total. The zero-order valence-electron chi connectivity index (χ0n) is 13.5. The van der Waals surface area contributed by atoms with Crippen LogP contribution in [0.2, 0.25) is 0 Å². The molecule has 1 aromatic carbocycles. The van der Waals surface area contributed by atoms with Crippen LogP contribution in [-0.2, 0) is 15.9 Å². The number of nitrogens with one attached hydrogen (secondary N) is 1. The maximum absolute atomic E-state index is 6.09. The van der Waals surface area contributed by atoms with E-state index in [1.807, 2.05) is 0 Å². The summed E-state index contributed by atoms with van der Waals surface area (Å²) in [6.45, 7) is 13.5. The van der Waals surface area contributed by atoms with Gasteiger partial charge in [0, 0.05) is 12.6 Å². The summed E-state index contributed by atoms with van der Waals surface area (Å²) in [5, 5.41) is 3.43. The van der Waals surface area contributed by atoms with Gasteiger partial charge in [0.2, 0.25) is 0 Å². The minimum atomic E-state index is -0.288. The summed E-state index contributed by atoms with van der Waals surface area (Å²) in [7, 11) is -0.279. The normalized spacial score (nSPS) is 20.6. The van der Waals surface area contributed by atoms with Crippen molar-refractivity contribution < 1.29 is 9.31 Å². The summed E-state index contributed by atoms with van der Waals surface area (Å²) < 4.78 is 12.2. The van der Waals surface area contributed by atoms with Gasteiger partial charge in [-0.2, -0.15) is 0 Å². The molecule has 0 unspecified atom stereocenters. The number of benzene rings is 1. The van der Waals surface area contributed by atoms with Crippen LogP contribution in [0.3, 0.4) is 0 Å². The van der Waals surface area contributed by atoms with Crippen LogP contribution < -0.4 is 10.8 Å². The Labute approximate surface area is 123 Å². The first-order valence-electron chi connectivity index (χ1n) is 7.39. The molecule has 0 bridgehead atoms. The molecule has 0 saturated carbocycles. The predicted octanol–water partition coefficient (Wildman–Crippen LogP) is 2.48. The first kappa shape index (κ1) is 15.6. The van der Waals surface area contributed by atoms with Gasteiger partial charge in [0.15, 0.2) is 0 Å². The second-order valence-electron chi connectivity index (χ2n) is 6.87. The average molecular weight is 275 g/mol. The lowest BCUT2D eigenvalue weighted by atomic mass is 9.78. The quantitative estimate of drug-likeness (QED) is 0.856. The van der Waals surface area contributed by atoms with Crippen LogP contribution in [0.4, 0.5) is 0 Å². The Morgan fingerprint density at radius 1 is 1.10 bits per heavy atom. The molecule has 4 heteroatoms. The van der Waals surface area contributed by atoms with Crippen molar-refractivity contribution in [1.29, 1.82) is 0 Å². The molecule has 1 fully saturated rings. The Hall–Kier alpha value is -0.835. The van der Waals surface area contributed by atoms with Crippen LogP contribution in [0, 0.1) is 0 Å². The topological polar surface area (TPSA) is 30.5 Å². The molecule has 1 aromatic rings. The predicted molar refractivity (Wildman–Crippen MR) is 84.1 cm³/mol. The molecular weight excluding hydrogens is 249 g/mol. The van der Waals surface area contributed by atoms with E-state index in [0.29, 0.717) is 6.04 Å². The lowest BCUT2D eigenvalue weighted by Crippen LogP contribution is -2.41. The van der Waals surface area contributed by atoms with Crippen molar-refractivity contribution in [3.63, 3.8) is 0 Å². The van der Waals surface area contributed by atoms with Gasteiger partial charge < -0.3 is 14.6 Å². The highest BCUT2D eigenvalue weighted by atomic mass is 16.7. The van der Waals surface area contributed by atoms with Gasteiger partial charge in [-0.3, -0.25) is 0 Å². The molecule has 1 aliphatic rings. The van der Waals surface area contributed by atoms with E-state index >= 15 is 0 Å². The summed E-state index contributed by atoms with van der Waals surface area (Å²) in [6.07, 6.45) is 0. The fourth-order valence-electron chi connectivity index (χ4n) is 2.15. The monoisotopic (exact) mass is 275 g/mol. The van der Waals surface area contributed by atoms with Crippen LogP contribution in [0.15, 0.2) is 24.3 Å². The lowest BCUT2D eigenvalue weighted by Gasteiger charge is -2.32. The third-order valence-electron chi connectivity index (χ3n) is 4.19. The molecule has 110 valence electrons. The van der Waals surface area contributed by atoms with Crippen LogP contribution >= 0.6 is 0 Å². The maximum Gasteiger partial charge on any atom is 0.494 e. The zero-order valence-corrected chi connectivity index (χ0v) is 13.5. The van der Waals surface area contributed by atoms with Crippen molar-refractivity contribution in [2.75, 3.05) is 0 Å². The average Bonchev–Trinajstić information content (AvgIpc) is 2.56. The smallest absolute Gasteiger partial charge is 0.399 e. The fraction of sp³-hybridized carbons (Fsp3) is 0.625. The van der Waals surface area contributed by atoms with Crippen molar-refractivity contribution in [1.82, 2.24) is 5.32 Å². The Bertz CT molecular complexity index is 455. The second kappa shape index (κ2) is 5.51. The number of rotatable bonds is 4. The molecule has 0 aromatic heterocycles. The first-order chi connectivity index (χ1) is 9.21. The van der Waals surface area contributed by atoms with E-state index in [0.717, 1.165) is 12.0 Å². The standard InChI is InChI=1S/C16H26BNO2/c1-12(2)18-11-13-8-7-9-14(10-13)17-19-15(3,4)16(5,6)20-17/h7-10,12,18H,11H2,1-6H3. The van der Waals surface area contributed by atoms with Gasteiger partial charge in [-0.05, 0) is 38.7 Å². The Kier molecular flexibility index (Phi) is 4.28. The van der Waals surface area contributed by atoms with E-state index in [9.17, 15) is 0 Å². The van der Waals surface area contributed by atoms with Crippen molar-refractivity contribution in [2.24, 2.45) is 0 Å². The molecule has 0 atom stereocenters. The van der Waals surface area contributed by atoms with E-state index in [1.165, 1.54) is 5.56 Å². The summed E-state index contributed by atoms with van der Waals surface area (Å²) >= 11 is 0. The summed E-state index contributed by atoms with van der Waals surface area (Å²) in [6, 6.07) is 8.91. The SMILES string of the molecule is CC(C)NCc1cccc(B2OC(C)(C)C(C)(C)O2)c1. The molecule has 0 amide bonds. The highest BCUT2D eigenvalue weighted by Gasteiger charge is 2.51. The Balaban J connectivity index is 2.12. The van der Waals surface area contributed by atoms with E-state index < -0.39 is 0 Å². The molecule has 1 heterocycles. The molecule has 1 N–H and O–H groups in total. The summed E-state index contributed by atoms with van der Waals surface area (Å²) in [5.41, 5.74) is 1.77. The fourth-order valence-corrected chi connectivity index (χ4v) is 2.15. The molecule has 0 aliphatic carbocycles. The molecule has 2 rings (SSSR count). The highest BCUT2D eigenvalue weighted by molar-refractivity contribution is 6.62. The van der Waals surface area contributed by atoms with Gasteiger partial charge in [-0.15, -0.1) is 0 Å². The van der Waals surface area contributed by atoms with Crippen molar-refractivity contribution in [3.05, 3.63) is 29.8 Å². The third-order valence-corrected chi connectivity index (χ3v) is 4.19. The molecule has 0 spiro atoms. The number of hydrogen-bond donors (Lipinski definition) is 1. The molecule has 1 saturated heterocycles. The van der Waals surface area contributed by atoms with Crippen molar-refractivity contribution >= 4 is 12.6 Å². The Morgan fingerprint density at radius 2 is 1.70 bits per heavy atom. The maximum atomic E-state index is 6.09. The van der Waals surface area contributed by atoms with Gasteiger partial charge in [0.1, 0.15) is 0 Å². The highest BCUT2D eigenvalue weighted by Crippen LogP contribution is 2.36. The largest absolute Gasteiger partial charge is 0.494 e. The van der Waals surface area contributed by atoms with Crippen molar-refractivity contribution in [2.45, 2.75) is 65.3 Å². The van der Waals surface area contributed by atoms with Gasteiger partial charge in [-0.25, -0.2) is 0 Å². The molecule has 20 heavy (non-hydrogen) atoms. The van der Waals surface area contributed by atoms with Gasteiger partial charge in [0.05, 0.1) is 11.2 Å². The third kappa shape index (κ3) is 3.25. The Morgan fingerprint density at radius 3 is 2.25 bits per heavy atom. The molecular formula is C16H26BNO2. The van der Waals surface area contributed by atoms with Crippen LogP contribution in [0.25, 0.3) is 0 Å². The minimum Gasteiger partial charge on any atom is -0.399 e. The van der Waals surface area contributed by atoms with Gasteiger partial charge >= 0.3 is 7.12 Å². The van der Waals surface area contributed by atoms with Crippen molar-refractivity contribution in [3.8, 4) is 0 Å². The van der Waals surface area contributed by atoms with E-state index in [2.05, 4.69) is 71.1 Å². The van der Waals surface area contributed by atoms with Gasteiger partial charge in [-0.1, -0.05) is 38.1 Å². The number of hydrogen-bond acceptors (Lipinski definition) is 3. The first-order valence-corrected chi connectivity index (χ1v) is 7.39. The van der Waals surface area contributed by atoms with E-state index in [4.69, 9.17) is 9.31 Å². The van der Waals surface area contributed by atoms with E-state index in [-0.39, 0.29) is 18.3 Å².